The molecule has 0 radical (unpaired) electrons. The summed E-state index contributed by atoms with van der Waals surface area (Å²) >= 11 is 0. The van der Waals surface area contributed by atoms with E-state index in [1.165, 1.54) is 31.4 Å². The summed E-state index contributed by atoms with van der Waals surface area (Å²) in [5.41, 5.74) is 0. The molecule has 1 rings (SSSR count). The van der Waals surface area contributed by atoms with Gasteiger partial charge in [-0.2, -0.15) is 0 Å². The van der Waals surface area contributed by atoms with Gasteiger partial charge in [-0.15, -0.1) is 0 Å². The van der Waals surface area contributed by atoms with Crippen LogP contribution in [0.2, 0.25) is 0 Å². The maximum atomic E-state index is 11.9. The zero-order valence-electron chi connectivity index (χ0n) is 11.4. The van der Waals surface area contributed by atoms with Gasteiger partial charge in [-0.05, 0) is 24.3 Å². The zero-order chi connectivity index (χ0) is 15.9. The number of ether oxygens (including phenoxy) is 2. The number of aliphatic carboxylic acids is 1. The van der Waals surface area contributed by atoms with Crippen LogP contribution in [-0.2, 0) is 19.6 Å². The monoisotopic (exact) mass is 319 g/mol. The summed E-state index contributed by atoms with van der Waals surface area (Å²) in [4.78, 5) is 10.3. The Kier molecular flexibility index (Phi) is 6.56. The molecule has 0 aliphatic rings. The number of methoxy groups -OCH3 is 1. The number of hydrogen-bond acceptors (Lipinski definition) is 6. The van der Waals surface area contributed by atoms with Gasteiger partial charge in [-0.3, -0.25) is 0 Å². The second kappa shape index (κ2) is 7.93. The van der Waals surface area contributed by atoms with Gasteiger partial charge in [0.05, 0.1) is 17.6 Å². The van der Waals surface area contributed by atoms with E-state index in [-0.39, 0.29) is 23.8 Å². The van der Waals surface area contributed by atoms with E-state index in [1.807, 2.05) is 0 Å². The molecule has 21 heavy (non-hydrogen) atoms. The molecule has 0 aromatic heterocycles. The van der Waals surface area contributed by atoms with Crippen molar-refractivity contribution in [2.45, 2.75) is 11.0 Å². The first-order chi connectivity index (χ1) is 9.85. The summed E-state index contributed by atoms with van der Waals surface area (Å²) in [5, 5.41) is 17.9. The van der Waals surface area contributed by atoms with Crippen molar-refractivity contribution >= 4 is 16.0 Å². The minimum Gasteiger partial charge on any atom is -0.482 e. The lowest BCUT2D eigenvalue weighted by atomic mass is 10.3. The largest absolute Gasteiger partial charge is 0.482 e. The summed E-state index contributed by atoms with van der Waals surface area (Å²) in [6.45, 7) is -0.661. The first-order valence-corrected chi connectivity index (χ1v) is 7.45. The van der Waals surface area contributed by atoms with Crippen LogP contribution in [0.1, 0.15) is 0 Å². The van der Waals surface area contributed by atoms with Crippen LogP contribution in [0, 0.1) is 0 Å². The first kappa shape index (κ1) is 17.4. The predicted octanol–water partition coefficient (Wildman–Crippen LogP) is -0.564. The number of carboxylic acids is 1. The third kappa shape index (κ3) is 6.08. The second-order valence-electron chi connectivity index (χ2n) is 4.11. The molecule has 0 amide bonds. The molecule has 8 nitrogen and oxygen atoms in total. The standard InChI is InChI=1S/C12H17NO7S/c1-19-7-9(14)6-13-21(17,18)11-4-2-10(3-5-11)20-8-12(15)16/h2-5,9,13-14H,6-8H2,1H3,(H,15,16). The van der Waals surface area contributed by atoms with Crippen molar-refractivity contribution in [3.63, 3.8) is 0 Å². The molecule has 0 heterocycles. The lowest BCUT2D eigenvalue weighted by molar-refractivity contribution is -0.139. The summed E-state index contributed by atoms with van der Waals surface area (Å²) < 4.78 is 35.7. The van der Waals surface area contributed by atoms with Gasteiger partial charge in [0.1, 0.15) is 5.75 Å². The van der Waals surface area contributed by atoms with Gasteiger partial charge in [0, 0.05) is 13.7 Å². The number of sulfonamides is 1. The number of carbonyl (C=O) groups is 1. The second-order valence-corrected chi connectivity index (χ2v) is 5.88. The van der Waals surface area contributed by atoms with E-state index in [2.05, 4.69) is 9.46 Å². The number of benzene rings is 1. The molecule has 118 valence electrons. The molecule has 0 spiro atoms. The van der Waals surface area contributed by atoms with Gasteiger partial charge < -0.3 is 19.7 Å². The first-order valence-electron chi connectivity index (χ1n) is 5.96. The normalized spacial score (nSPS) is 12.9. The Labute approximate surface area is 122 Å². The number of aliphatic hydroxyl groups is 1. The fourth-order valence-electron chi connectivity index (χ4n) is 1.40. The van der Waals surface area contributed by atoms with Gasteiger partial charge in [0.2, 0.25) is 10.0 Å². The van der Waals surface area contributed by atoms with Crippen molar-refractivity contribution < 1.29 is 32.9 Å². The average Bonchev–Trinajstić information content (AvgIpc) is 2.44. The summed E-state index contributed by atoms with van der Waals surface area (Å²) in [6, 6.07) is 5.26. The van der Waals surface area contributed by atoms with Crippen molar-refractivity contribution in [3.8, 4) is 5.75 Å². The smallest absolute Gasteiger partial charge is 0.341 e. The van der Waals surface area contributed by atoms with Gasteiger partial charge in [0.15, 0.2) is 6.61 Å². The molecule has 1 unspecified atom stereocenters. The third-order valence-electron chi connectivity index (χ3n) is 2.36. The van der Waals surface area contributed by atoms with Crippen molar-refractivity contribution in [2.24, 2.45) is 0 Å². The number of nitrogens with one attached hydrogen (secondary N) is 1. The van der Waals surface area contributed by atoms with Gasteiger partial charge >= 0.3 is 5.97 Å². The molecule has 0 saturated heterocycles. The van der Waals surface area contributed by atoms with Gasteiger partial charge in [-0.25, -0.2) is 17.9 Å². The Morgan fingerprint density at radius 1 is 1.33 bits per heavy atom. The quantitative estimate of drug-likeness (QED) is 0.557. The van der Waals surface area contributed by atoms with Crippen LogP contribution < -0.4 is 9.46 Å². The van der Waals surface area contributed by atoms with Crippen LogP contribution in [0.5, 0.6) is 5.75 Å². The number of carboxylic acid groups (broad SMARTS) is 1. The predicted molar refractivity (Wildman–Crippen MR) is 72.6 cm³/mol. The molecule has 1 aromatic rings. The Bertz CT molecular complexity index is 555. The molecule has 3 N–H and O–H groups in total. The zero-order valence-corrected chi connectivity index (χ0v) is 12.2. The Balaban J connectivity index is 2.64. The van der Waals surface area contributed by atoms with Crippen LogP contribution in [0.3, 0.4) is 0 Å². The van der Waals surface area contributed by atoms with Crippen molar-refractivity contribution in [1.29, 1.82) is 0 Å². The number of hydrogen-bond donors (Lipinski definition) is 3. The molecular weight excluding hydrogens is 302 g/mol. The molecule has 1 atom stereocenters. The third-order valence-corrected chi connectivity index (χ3v) is 3.80. The fourth-order valence-corrected chi connectivity index (χ4v) is 2.47. The number of aliphatic hydroxyl groups excluding tert-OH is 1. The van der Waals surface area contributed by atoms with Crippen molar-refractivity contribution in [1.82, 2.24) is 4.72 Å². The van der Waals surface area contributed by atoms with E-state index in [1.54, 1.807) is 0 Å². The summed E-state index contributed by atoms with van der Waals surface area (Å²) in [6.07, 6.45) is -0.942. The van der Waals surface area contributed by atoms with E-state index in [4.69, 9.17) is 9.84 Å². The highest BCUT2D eigenvalue weighted by Gasteiger charge is 2.16. The van der Waals surface area contributed by atoms with E-state index < -0.39 is 28.7 Å². The molecule has 0 aliphatic heterocycles. The minimum atomic E-state index is -3.76. The van der Waals surface area contributed by atoms with Crippen LogP contribution in [0.15, 0.2) is 29.2 Å². The van der Waals surface area contributed by atoms with Crippen LogP contribution >= 0.6 is 0 Å². The van der Waals surface area contributed by atoms with Gasteiger partial charge in [-0.1, -0.05) is 0 Å². The molecular formula is C12H17NO7S. The Hall–Kier alpha value is -1.68. The van der Waals surface area contributed by atoms with E-state index in [9.17, 15) is 18.3 Å². The summed E-state index contributed by atoms with van der Waals surface area (Å²) in [5.74, 6) is -0.878. The number of rotatable bonds is 9. The Morgan fingerprint density at radius 2 is 1.95 bits per heavy atom. The molecule has 0 aliphatic carbocycles. The van der Waals surface area contributed by atoms with E-state index in [0.717, 1.165) is 0 Å². The van der Waals surface area contributed by atoms with Crippen molar-refractivity contribution in [3.05, 3.63) is 24.3 Å². The van der Waals surface area contributed by atoms with Crippen molar-refractivity contribution in [2.75, 3.05) is 26.9 Å². The molecule has 0 fully saturated rings. The SMILES string of the molecule is COCC(O)CNS(=O)(=O)c1ccc(OCC(=O)O)cc1. The minimum absolute atomic E-state index is 0.0183. The molecule has 9 heteroatoms. The molecule has 0 bridgehead atoms. The lowest BCUT2D eigenvalue weighted by Gasteiger charge is -2.11. The molecule has 1 aromatic carbocycles. The average molecular weight is 319 g/mol. The fraction of sp³-hybridized carbons (Fsp3) is 0.417. The highest BCUT2D eigenvalue weighted by Crippen LogP contribution is 2.15. The Morgan fingerprint density at radius 3 is 2.48 bits per heavy atom. The topological polar surface area (TPSA) is 122 Å². The van der Waals surface area contributed by atoms with Gasteiger partial charge in [0.25, 0.3) is 0 Å². The molecule has 0 saturated carbocycles. The highest BCUT2D eigenvalue weighted by atomic mass is 32.2. The van der Waals surface area contributed by atoms with E-state index >= 15 is 0 Å². The summed E-state index contributed by atoms with van der Waals surface area (Å²) in [7, 11) is -2.36. The lowest BCUT2D eigenvalue weighted by Crippen LogP contribution is -2.34. The van der Waals surface area contributed by atoms with Crippen LogP contribution in [0.4, 0.5) is 0 Å². The highest BCUT2D eigenvalue weighted by molar-refractivity contribution is 7.89. The maximum absolute atomic E-state index is 11.9. The van der Waals surface area contributed by atoms with Crippen LogP contribution in [0.25, 0.3) is 0 Å². The van der Waals surface area contributed by atoms with E-state index in [0.29, 0.717) is 0 Å². The maximum Gasteiger partial charge on any atom is 0.341 e. The van der Waals surface area contributed by atoms with Crippen LogP contribution in [-0.4, -0.2) is 57.6 Å².